The van der Waals surface area contributed by atoms with Gasteiger partial charge in [-0.05, 0) is 35.9 Å². The van der Waals surface area contributed by atoms with E-state index in [1.54, 1.807) is 36.5 Å². The number of anilines is 1. The van der Waals surface area contributed by atoms with Crippen LogP contribution in [0, 0.1) is 5.82 Å². The minimum Gasteiger partial charge on any atom is -0.411 e. The van der Waals surface area contributed by atoms with Crippen molar-refractivity contribution in [1.29, 1.82) is 0 Å². The van der Waals surface area contributed by atoms with E-state index in [0.717, 1.165) is 5.56 Å². The van der Waals surface area contributed by atoms with Gasteiger partial charge in [0.1, 0.15) is 17.5 Å². The summed E-state index contributed by atoms with van der Waals surface area (Å²) in [6, 6.07) is 14.2. The van der Waals surface area contributed by atoms with Gasteiger partial charge in [0.05, 0.1) is 22.2 Å². The molecule has 0 aliphatic carbocycles. The summed E-state index contributed by atoms with van der Waals surface area (Å²) in [6.45, 7) is 0.362. The molecule has 2 aromatic carbocycles. The molecule has 0 amide bonds. The van der Waals surface area contributed by atoms with Crippen molar-refractivity contribution >= 4 is 39.0 Å². The second-order valence-electron chi connectivity index (χ2n) is 7.50. The predicted molar refractivity (Wildman–Crippen MR) is 129 cm³/mol. The maximum Gasteiger partial charge on any atom is 0.240 e. The van der Waals surface area contributed by atoms with Crippen molar-refractivity contribution in [3.05, 3.63) is 88.3 Å². The molecule has 0 saturated heterocycles. The number of sulfonamides is 1. The van der Waals surface area contributed by atoms with Crippen LogP contribution in [-0.4, -0.2) is 43.2 Å². The molecule has 3 N–H and O–H groups in total. The van der Waals surface area contributed by atoms with Crippen molar-refractivity contribution in [2.75, 3.05) is 18.4 Å². The highest BCUT2D eigenvalue weighted by atomic mass is 35.5. The van der Waals surface area contributed by atoms with E-state index in [4.69, 9.17) is 11.6 Å². The van der Waals surface area contributed by atoms with E-state index in [0.29, 0.717) is 34.9 Å². The number of nitrogens with one attached hydrogen (secondary N) is 2. The average Bonchev–Trinajstić information content (AvgIpc) is 3.26. The Labute approximate surface area is 201 Å². The largest absolute Gasteiger partial charge is 0.411 e. The summed E-state index contributed by atoms with van der Waals surface area (Å²) in [4.78, 5) is 8.95. The van der Waals surface area contributed by atoms with Gasteiger partial charge >= 0.3 is 0 Å². The molecular formula is C23H21ClFN5O3S. The van der Waals surface area contributed by atoms with E-state index in [9.17, 15) is 18.0 Å². The van der Waals surface area contributed by atoms with Crippen molar-refractivity contribution in [3.8, 4) is 0 Å². The molecule has 0 radical (unpaired) electrons. The van der Waals surface area contributed by atoms with Gasteiger partial charge in [0.15, 0.2) is 0 Å². The quantitative estimate of drug-likeness (QED) is 0.188. The number of pyridine rings is 1. The van der Waals surface area contributed by atoms with Gasteiger partial charge in [-0.15, -0.1) is 0 Å². The molecule has 11 heteroatoms. The summed E-state index contributed by atoms with van der Waals surface area (Å²) >= 11 is 5.87. The van der Waals surface area contributed by atoms with Crippen LogP contribution in [0.25, 0.3) is 0 Å². The zero-order valence-corrected chi connectivity index (χ0v) is 19.4. The van der Waals surface area contributed by atoms with E-state index in [-0.39, 0.29) is 29.4 Å². The van der Waals surface area contributed by atoms with Gasteiger partial charge in [-0.1, -0.05) is 41.0 Å². The first-order chi connectivity index (χ1) is 16.4. The molecule has 1 aliphatic rings. The van der Waals surface area contributed by atoms with Gasteiger partial charge in [0.2, 0.25) is 10.0 Å². The van der Waals surface area contributed by atoms with Gasteiger partial charge in [-0.2, -0.15) is 0 Å². The molecule has 0 atom stereocenters. The van der Waals surface area contributed by atoms with Gasteiger partial charge in [0, 0.05) is 36.7 Å². The van der Waals surface area contributed by atoms with Crippen LogP contribution >= 0.6 is 11.6 Å². The summed E-state index contributed by atoms with van der Waals surface area (Å²) in [7, 11) is -3.59. The second-order valence-corrected chi connectivity index (χ2v) is 9.67. The maximum atomic E-state index is 13.5. The number of aliphatic imine (C=N–C) groups is 1. The molecule has 0 bridgehead atoms. The number of halogens is 2. The molecule has 8 nitrogen and oxygen atoms in total. The van der Waals surface area contributed by atoms with E-state index in [2.05, 4.69) is 25.2 Å². The molecule has 0 unspecified atom stereocenters. The molecule has 0 spiro atoms. The fourth-order valence-electron chi connectivity index (χ4n) is 3.57. The van der Waals surface area contributed by atoms with E-state index in [1.165, 1.54) is 24.3 Å². The third kappa shape index (κ3) is 5.41. The average molecular weight is 502 g/mol. The van der Waals surface area contributed by atoms with Crippen LogP contribution < -0.4 is 10.0 Å². The highest BCUT2D eigenvalue weighted by Crippen LogP contribution is 2.26. The number of hydrogen-bond donors (Lipinski definition) is 3. The summed E-state index contributed by atoms with van der Waals surface area (Å²) in [5.41, 5.74) is 2.54. The maximum absolute atomic E-state index is 13.5. The lowest BCUT2D eigenvalue weighted by Crippen LogP contribution is -2.26. The van der Waals surface area contributed by atoms with Crippen LogP contribution in [0.15, 0.2) is 75.8 Å². The SMILES string of the molecule is O=S(=O)(NCCN=C1Cc2c(/C(Cc3ccc(F)c(Cl)c3)=N/O)ccnc2N1)c1ccccc1. The van der Waals surface area contributed by atoms with Crippen LogP contribution in [0.1, 0.15) is 16.7 Å². The van der Waals surface area contributed by atoms with E-state index < -0.39 is 15.8 Å². The number of oxime groups is 1. The predicted octanol–water partition coefficient (Wildman–Crippen LogP) is 3.64. The normalized spacial score (nSPS) is 14.8. The number of amidine groups is 1. The summed E-state index contributed by atoms with van der Waals surface area (Å²) in [6.07, 6.45) is 2.23. The number of fused-ring (bicyclic) bond motifs is 1. The molecule has 2 heterocycles. The zero-order valence-electron chi connectivity index (χ0n) is 17.9. The molecule has 176 valence electrons. The molecule has 3 aromatic rings. The first-order valence-electron chi connectivity index (χ1n) is 10.4. The van der Waals surface area contributed by atoms with Gasteiger partial charge < -0.3 is 10.5 Å². The smallest absolute Gasteiger partial charge is 0.240 e. The van der Waals surface area contributed by atoms with Gasteiger partial charge in [0.25, 0.3) is 0 Å². The molecule has 34 heavy (non-hydrogen) atoms. The Kier molecular flexibility index (Phi) is 7.20. The van der Waals surface area contributed by atoms with Crippen LogP contribution in [-0.2, 0) is 22.9 Å². The Morgan fingerprint density at radius 3 is 2.74 bits per heavy atom. The van der Waals surface area contributed by atoms with E-state index in [1.807, 2.05) is 0 Å². The van der Waals surface area contributed by atoms with Crippen molar-refractivity contribution in [2.24, 2.45) is 10.1 Å². The minimum absolute atomic E-state index is 0.00581. The van der Waals surface area contributed by atoms with Crippen molar-refractivity contribution in [3.63, 3.8) is 0 Å². The van der Waals surface area contributed by atoms with Gasteiger partial charge in [-0.3, -0.25) is 4.99 Å². The monoisotopic (exact) mass is 501 g/mol. The van der Waals surface area contributed by atoms with Crippen LogP contribution in [0.5, 0.6) is 0 Å². The zero-order chi connectivity index (χ0) is 24.1. The Bertz CT molecular complexity index is 1360. The second kappa shape index (κ2) is 10.3. The van der Waals surface area contributed by atoms with Crippen molar-refractivity contribution < 1.29 is 18.0 Å². The third-order valence-electron chi connectivity index (χ3n) is 5.21. The molecule has 4 rings (SSSR count). The number of benzene rings is 2. The highest BCUT2D eigenvalue weighted by Gasteiger charge is 2.23. The number of rotatable bonds is 8. The Morgan fingerprint density at radius 1 is 1.21 bits per heavy atom. The molecule has 0 fully saturated rings. The molecule has 1 aliphatic heterocycles. The molecule has 0 saturated carbocycles. The Balaban J connectivity index is 1.43. The standard InChI is InChI=1S/C23H21ClFN5O3S/c24-19-12-15(6-7-20(19)25)13-21(30-31)17-8-9-27-23-18(17)14-22(29-23)26-10-11-28-34(32,33)16-4-2-1-3-5-16/h1-9,12,28,31H,10-11,13-14H2,(H,26,27,29)/b30-21+. The van der Waals surface area contributed by atoms with E-state index >= 15 is 0 Å². The van der Waals surface area contributed by atoms with Crippen LogP contribution in [0.2, 0.25) is 5.02 Å². The summed E-state index contributed by atoms with van der Waals surface area (Å²) in [5, 5.41) is 16.2. The lowest BCUT2D eigenvalue weighted by atomic mass is 9.98. The van der Waals surface area contributed by atoms with Crippen molar-refractivity contribution in [1.82, 2.24) is 9.71 Å². The highest BCUT2D eigenvalue weighted by molar-refractivity contribution is 7.89. The topological polar surface area (TPSA) is 116 Å². The Hall–Kier alpha value is -3.34. The van der Waals surface area contributed by atoms with Gasteiger partial charge in [-0.25, -0.2) is 22.5 Å². The lowest BCUT2D eigenvalue weighted by molar-refractivity contribution is 0.318. The fraction of sp³-hybridized carbons (Fsp3) is 0.174. The molecule has 1 aromatic heterocycles. The summed E-state index contributed by atoms with van der Waals surface area (Å²) < 4.78 is 40.6. The first-order valence-corrected chi connectivity index (χ1v) is 12.2. The number of aromatic nitrogens is 1. The third-order valence-corrected chi connectivity index (χ3v) is 6.98. The number of hydrogen-bond acceptors (Lipinski definition) is 6. The number of nitrogens with zero attached hydrogens (tertiary/aromatic N) is 3. The first kappa shape index (κ1) is 23.8. The minimum atomic E-state index is -3.59. The fourth-order valence-corrected chi connectivity index (χ4v) is 4.82. The van der Waals surface area contributed by atoms with Crippen LogP contribution in [0.3, 0.4) is 0 Å². The van der Waals surface area contributed by atoms with Crippen LogP contribution in [0.4, 0.5) is 10.2 Å². The summed E-state index contributed by atoms with van der Waals surface area (Å²) in [5.74, 6) is 0.684. The molecular weight excluding hydrogens is 481 g/mol. The van der Waals surface area contributed by atoms with Crippen molar-refractivity contribution in [2.45, 2.75) is 17.7 Å². The Morgan fingerprint density at radius 2 is 2.00 bits per heavy atom. The lowest BCUT2D eigenvalue weighted by Gasteiger charge is -2.09.